The fourth-order valence-corrected chi connectivity index (χ4v) is 3.29. The second-order valence-electron chi connectivity index (χ2n) is 6.41. The zero-order valence-electron chi connectivity index (χ0n) is 12.9. The lowest BCUT2D eigenvalue weighted by Crippen LogP contribution is -2.42. The van der Waals surface area contributed by atoms with E-state index in [1.54, 1.807) is 0 Å². The van der Waals surface area contributed by atoms with E-state index in [0.29, 0.717) is 19.3 Å². The highest BCUT2D eigenvalue weighted by molar-refractivity contribution is 5.83. The van der Waals surface area contributed by atoms with Gasteiger partial charge in [0.15, 0.2) is 6.10 Å². The number of carbonyl (C=O) groups is 2. The van der Waals surface area contributed by atoms with Crippen LogP contribution in [-0.2, 0) is 16.0 Å². The van der Waals surface area contributed by atoms with E-state index >= 15 is 0 Å². The lowest BCUT2D eigenvalue weighted by molar-refractivity contribution is -0.141. The number of benzene rings is 1. The molecule has 2 N–H and O–H groups in total. The molecule has 0 saturated heterocycles. The molecule has 0 radical (unpaired) electrons. The lowest BCUT2D eigenvalue weighted by Gasteiger charge is -2.16. The summed E-state index contributed by atoms with van der Waals surface area (Å²) in [6, 6.07) is 4.01. The average Bonchev–Trinajstić information content (AvgIpc) is 3.06. The summed E-state index contributed by atoms with van der Waals surface area (Å²) in [4.78, 5) is 23.3. The Morgan fingerprint density at radius 1 is 1.23 bits per heavy atom. The molecular formula is C17H21NO4. The molecule has 1 amide bonds. The molecule has 22 heavy (non-hydrogen) atoms. The molecule has 1 saturated carbocycles. The van der Waals surface area contributed by atoms with Crippen molar-refractivity contribution in [2.45, 2.75) is 51.7 Å². The maximum atomic E-state index is 12.3. The van der Waals surface area contributed by atoms with Gasteiger partial charge in [0.25, 0.3) is 5.91 Å². The van der Waals surface area contributed by atoms with Gasteiger partial charge in [0.1, 0.15) is 5.75 Å². The second-order valence-corrected chi connectivity index (χ2v) is 6.41. The minimum atomic E-state index is -0.771. The molecule has 1 heterocycles. The molecule has 5 heteroatoms. The van der Waals surface area contributed by atoms with Crippen LogP contribution in [0.3, 0.4) is 0 Å². The Kier molecular flexibility index (Phi) is 3.81. The Morgan fingerprint density at radius 3 is 2.64 bits per heavy atom. The highest BCUT2D eigenvalue weighted by Crippen LogP contribution is 2.32. The van der Waals surface area contributed by atoms with Gasteiger partial charge in [-0.3, -0.25) is 9.59 Å². The second kappa shape index (κ2) is 5.63. The van der Waals surface area contributed by atoms with Crippen molar-refractivity contribution in [3.05, 3.63) is 28.8 Å². The minimum Gasteiger partial charge on any atom is -0.481 e. The van der Waals surface area contributed by atoms with E-state index in [2.05, 4.69) is 11.4 Å². The first kappa shape index (κ1) is 14.9. The van der Waals surface area contributed by atoms with Crippen molar-refractivity contribution in [1.82, 2.24) is 5.32 Å². The van der Waals surface area contributed by atoms with Crippen LogP contribution in [0.25, 0.3) is 0 Å². The number of nitrogens with one attached hydrogen (secondary N) is 1. The maximum Gasteiger partial charge on any atom is 0.306 e. The lowest BCUT2D eigenvalue weighted by atomic mass is 10.0. The van der Waals surface area contributed by atoms with Crippen molar-refractivity contribution in [2.24, 2.45) is 5.92 Å². The molecule has 1 unspecified atom stereocenters. The first-order valence-electron chi connectivity index (χ1n) is 7.74. The van der Waals surface area contributed by atoms with Crippen molar-refractivity contribution in [3.8, 4) is 5.75 Å². The van der Waals surface area contributed by atoms with Crippen molar-refractivity contribution in [3.63, 3.8) is 0 Å². The van der Waals surface area contributed by atoms with Gasteiger partial charge in [-0.25, -0.2) is 0 Å². The number of fused-ring (bicyclic) bond motifs is 1. The van der Waals surface area contributed by atoms with Gasteiger partial charge >= 0.3 is 5.97 Å². The van der Waals surface area contributed by atoms with Crippen LogP contribution >= 0.6 is 0 Å². The molecule has 1 fully saturated rings. The Bertz CT molecular complexity index is 594. The monoisotopic (exact) mass is 303 g/mol. The van der Waals surface area contributed by atoms with Crippen molar-refractivity contribution in [2.75, 3.05) is 0 Å². The van der Waals surface area contributed by atoms with Crippen LogP contribution in [-0.4, -0.2) is 29.1 Å². The molecule has 5 nitrogen and oxygen atoms in total. The molecule has 2 aliphatic rings. The van der Waals surface area contributed by atoms with E-state index in [1.807, 2.05) is 19.9 Å². The zero-order valence-corrected chi connectivity index (χ0v) is 12.9. The van der Waals surface area contributed by atoms with E-state index in [-0.39, 0.29) is 17.9 Å². The summed E-state index contributed by atoms with van der Waals surface area (Å²) in [7, 11) is 0. The van der Waals surface area contributed by atoms with E-state index in [4.69, 9.17) is 9.84 Å². The Morgan fingerprint density at radius 2 is 1.95 bits per heavy atom. The third kappa shape index (κ3) is 2.80. The van der Waals surface area contributed by atoms with Gasteiger partial charge in [0.05, 0.1) is 5.92 Å². The standard InChI is InChI=1S/C17H21NO4/c1-9-5-12-8-15(22-14(12)6-10(9)2)16(19)18-13-4-3-11(7-13)17(20)21/h5-6,11,13,15H,3-4,7-8H2,1-2H3,(H,18,19)(H,20,21)/t11-,13+,15?/m1/s1. The van der Waals surface area contributed by atoms with Crippen LogP contribution < -0.4 is 10.1 Å². The number of aliphatic carboxylic acids is 1. The number of hydrogen-bond acceptors (Lipinski definition) is 3. The molecule has 1 aromatic rings. The topological polar surface area (TPSA) is 75.6 Å². The Labute approximate surface area is 129 Å². The quantitative estimate of drug-likeness (QED) is 0.895. The number of ether oxygens (including phenoxy) is 1. The molecule has 1 aliphatic heterocycles. The number of aryl methyl sites for hydroxylation is 2. The smallest absolute Gasteiger partial charge is 0.306 e. The molecule has 118 valence electrons. The molecule has 0 aromatic heterocycles. The number of rotatable bonds is 3. The first-order valence-corrected chi connectivity index (χ1v) is 7.74. The fourth-order valence-electron chi connectivity index (χ4n) is 3.29. The summed E-state index contributed by atoms with van der Waals surface area (Å²) in [5.41, 5.74) is 3.42. The van der Waals surface area contributed by atoms with Gasteiger partial charge in [-0.05, 0) is 55.9 Å². The molecule has 1 aromatic carbocycles. The molecule has 0 bridgehead atoms. The number of carboxylic acids is 1. The van der Waals surface area contributed by atoms with Gasteiger partial charge in [0.2, 0.25) is 0 Å². The maximum absolute atomic E-state index is 12.3. The van der Waals surface area contributed by atoms with Crippen LogP contribution in [0, 0.1) is 19.8 Å². The van der Waals surface area contributed by atoms with E-state index < -0.39 is 12.1 Å². The summed E-state index contributed by atoms with van der Waals surface area (Å²) in [6.07, 6.45) is 1.95. The molecule has 1 aliphatic carbocycles. The summed E-state index contributed by atoms with van der Waals surface area (Å²) >= 11 is 0. The van der Waals surface area contributed by atoms with Gasteiger partial charge in [0, 0.05) is 12.5 Å². The minimum absolute atomic E-state index is 0.0515. The Balaban J connectivity index is 1.60. The number of amides is 1. The predicted octanol–water partition coefficient (Wildman–Crippen LogP) is 1.98. The van der Waals surface area contributed by atoms with Gasteiger partial charge < -0.3 is 15.2 Å². The van der Waals surface area contributed by atoms with Gasteiger partial charge in [-0.2, -0.15) is 0 Å². The summed E-state index contributed by atoms with van der Waals surface area (Å²) in [5.74, 6) is -0.454. The van der Waals surface area contributed by atoms with E-state index in [9.17, 15) is 9.59 Å². The van der Waals surface area contributed by atoms with Crippen molar-refractivity contribution >= 4 is 11.9 Å². The summed E-state index contributed by atoms with van der Waals surface area (Å²) < 4.78 is 5.76. The van der Waals surface area contributed by atoms with E-state index in [0.717, 1.165) is 23.3 Å². The molecule has 3 rings (SSSR count). The van der Waals surface area contributed by atoms with Crippen LogP contribution in [0.2, 0.25) is 0 Å². The third-order valence-corrected chi connectivity index (χ3v) is 4.77. The van der Waals surface area contributed by atoms with Crippen LogP contribution in [0.4, 0.5) is 0 Å². The van der Waals surface area contributed by atoms with Crippen molar-refractivity contribution in [1.29, 1.82) is 0 Å². The predicted molar refractivity (Wildman–Crippen MR) is 80.9 cm³/mol. The van der Waals surface area contributed by atoms with Crippen LogP contribution in [0.15, 0.2) is 12.1 Å². The highest BCUT2D eigenvalue weighted by atomic mass is 16.5. The SMILES string of the molecule is Cc1cc2c(cc1C)OC(C(=O)N[C@H]1CC[C@@H](C(=O)O)C1)C2. The number of carboxylic acid groups (broad SMARTS) is 1. The number of carbonyl (C=O) groups excluding carboxylic acids is 1. The fraction of sp³-hybridized carbons (Fsp3) is 0.529. The molecule has 3 atom stereocenters. The number of hydrogen-bond donors (Lipinski definition) is 2. The summed E-state index contributed by atoms with van der Waals surface area (Å²) in [6.45, 7) is 4.07. The Hall–Kier alpha value is -2.04. The van der Waals surface area contributed by atoms with Crippen molar-refractivity contribution < 1.29 is 19.4 Å². The highest BCUT2D eigenvalue weighted by Gasteiger charge is 2.34. The van der Waals surface area contributed by atoms with Crippen LogP contribution in [0.5, 0.6) is 5.75 Å². The average molecular weight is 303 g/mol. The van der Waals surface area contributed by atoms with Gasteiger partial charge in [-0.1, -0.05) is 6.07 Å². The largest absolute Gasteiger partial charge is 0.481 e. The first-order chi connectivity index (χ1) is 10.4. The zero-order chi connectivity index (χ0) is 15.9. The molecular weight excluding hydrogens is 282 g/mol. The summed E-state index contributed by atoms with van der Waals surface area (Å²) in [5, 5.41) is 12.0. The normalized spacial score (nSPS) is 26.4. The van der Waals surface area contributed by atoms with Crippen LogP contribution in [0.1, 0.15) is 36.0 Å². The van der Waals surface area contributed by atoms with Gasteiger partial charge in [-0.15, -0.1) is 0 Å². The molecule has 0 spiro atoms. The third-order valence-electron chi connectivity index (χ3n) is 4.77. The van der Waals surface area contributed by atoms with E-state index in [1.165, 1.54) is 5.56 Å².